The van der Waals surface area contributed by atoms with E-state index in [-0.39, 0.29) is 23.2 Å². The average Bonchev–Trinajstić information content (AvgIpc) is 3.87. The molecule has 286 valence electrons. The summed E-state index contributed by atoms with van der Waals surface area (Å²) in [5, 5.41) is 14.1. The van der Waals surface area contributed by atoms with E-state index in [9.17, 15) is 9.59 Å². The fourth-order valence-corrected chi connectivity index (χ4v) is 8.22. The maximum atomic E-state index is 13.4. The van der Waals surface area contributed by atoms with Crippen LogP contribution in [0.4, 0.5) is 23.4 Å². The zero-order valence-electron chi connectivity index (χ0n) is 30.8. The molecular weight excluding hydrogens is 745 g/mol. The lowest BCUT2D eigenvalue weighted by molar-refractivity contribution is 0.716. The lowest BCUT2D eigenvalue weighted by Gasteiger charge is -2.16. The van der Waals surface area contributed by atoms with Crippen LogP contribution in [-0.4, -0.2) is 69.5 Å². The molecular formula is C40H42N12O2S2. The summed E-state index contributed by atoms with van der Waals surface area (Å²) in [5.41, 5.74) is 2.89. The van der Waals surface area contributed by atoms with E-state index in [1.54, 1.807) is 59.4 Å². The van der Waals surface area contributed by atoms with E-state index >= 15 is 0 Å². The minimum absolute atomic E-state index is 0.0537. The summed E-state index contributed by atoms with van der Waals surface area (Å²) in [6, 6.07) is 18.0. The highest BCUT2D eigenvalue weighted by atomic mass is 32.2. The fraction of sp³-hybridized carbons (Fsp3) is 0.300. The Balaban J connectivity index is 0.792. The fourth-order valence-electron chi connectivity index (χ4n) is 7.13. The lowest BCUT2D eigenvalue weighted by Crippen LogP contribution is -2.23. The molecule has 1 aromatic carbocycles. The van der Waals surface area contributed by atoms with Gasteiger partial charge in [-0.05, 0) is 87.2 Å². The van der Waals surface area contributed by atoms with E-state index in [0.717, 1.165) is 65.5 Å². The van der Waals surface area contributed by atoms with E-state index < -0.39 is 0 Å². The highest BCUT2D eigenvalue weighted by Crippen LogP contribution is 2.28. The molecule has 56 heavy (non-hydrogen) atoms. The van der Waals surface area contributed by atoms with Gasteiger partial charge in [0.1, 0.15) is 12.1 Å². The molecule has 4 atom stereocenters. The van der Waals surface area contributed by atoms with Crippen molar-refractivity contribution in [3.63, 3.8) is 0 Å². The van der Waals surface area contributed by atoms with Gasteiger partial charge in [-0.3, -0.25) is 18.7 Å². The van der Waals surface area contributed by atoms with Crippen molar-refractivity contribution in [1.82, 2.24) is 39.0 Å². The average molecular weight is 787 g/mol. The topological polar surface area (TPSA) is 169 Å². The minimum Gasteiger partial charge on any atom is -0.382 e. The first-order valence-electron chi connectivity index (χ1n) is 18.6. The summed E-state index contributed by atoms with van der Waals surface area (Å²) < 4.78 is 3.16. The molecule has 16 heteroatoms. The Morgan fingerprint density at radius 3 is 1.89 bits per heavy atom. The molecule has 2 saturated carbocycles. The number of rotatable bonds is 14. The molecule has 0 unspecified atom stereocenters. The van der Waals surface area contributed by atoms with Crippen molar-refractivity contribution in [2.75, 3.05) is 27.5 Å². The van der Waals surface area contributed by atoms with E-state index in [4.69, 9.17) is 0 Å². The first-order valence-corrected chi connectivity index (χ1v) is 20.8. The van der Waals surface area contributed by atoms with Crippen LogP contribution in [0.5, 0.6) is 0 Å². The number of thioether (sulfide) groups is 2. The van der Waals surface area contributed by atoms with Crippen LogP contribution in [0, 0.1) is 0 Å². The molecule has 0 radical (unpaired) electrons. The van der Waals surface area contributed by atoms with E-state index in [2.05, 4.69) is 51.2 Å². The van der Waals surface area contributed by atoms with Crippen molar-refractivity contribution in [3.05, 3.63) is 131 Å². The van der Waals surface area contributed by atoms with Crippen LogP contribution in [0.25, 0.3) is 11.4 Å². The van der Waals surface area contributed by atoms with Crippen molar-refractivity contribution in [3.8, 4) is 11.4 Å². The van der Waals surface area contributed by atoms with Crippen LogP contribution in [0.15, 0.2) is 124 Å². The minimum atomic E-state index is -0.140. The third-order valence-corrected chi connectivity index (χ3v) is 11.7. The number of anilines is 4. The summed E-state index contributed by atoms with van der Waals surface area (Å²) in [6.45, 7) is 0. The highest BCUT2D eigenvalue weighted by molar-refractivity contribution is 7.98. The molecule has 2 fully saturated rings. The highest BCUT2D eigenvalue weighted by Gasteiger charge is 2.26. The second kappa shape index (κ2) is 17.4. The second-order valence-corrected chi connectivity index (χ2v) is 15.8. The predicted octanol–water partition coefficient (Wildman–Crippen LogP) is 6.26. The number of hydrogen-bond acceptors (Lipinski definition) is 14. The van der Waals surface area contributed by atoms with Crippen molar-refractivity contribution >= 4 is 46.9 Å². The Morgan fingerprint density at radius 1 is 0.643 bits per heavy atom. The zero-order valence-corrected chi connectivity index (χ0v) is 32.4. The number of nitrogens with one attached hydrogen (secondary N) is 4. The number of hydrogen-bond donors (Lipinski definition) is 4. The molecule has 4 N–H and O–H groups in total. The van der Waals surface area contributed by atoms with Gasteiger partial charge in [-0.25, -0.2) is 29.9 Å². The smallest absolute Gasteiger partial charge is 0.261 e. The first kappa shape index (κ1) is 37.2. The van der Waals surface area contributed by atoms with Gasteiger partial charge >= 0.3 is 0 Å². The largest absolute Gasteiger partial charge is 0.382 e. The Bertz CT molecular complexity index is 2340. The van der Waals surface area contributed by atoms with Crippen LogP contribution in [-0.2, 0) is 5.75 Å². The van der Waals surface area contributed by atoms with Gasteiger partial charge in [0.05, 0.1) is 11.9 Å². The summed E-state index contributed by atoms with van der Waals surface area (Å²) in [6.07, 6.45) is 21.8. The van der Waals surface area contributed by atoms with Gasteiger partial charge < -0.3 is 21.3 Å². The molecule has 2 aliphatic carbocycles. The lowest BCUT2D eigenvalue weighted by atomic mass is 10.2. The van der Waals surface area contributed by atoms with Crippen molar-refractivity contribution in [2.45, 2.75) is 78.2 Å². The molecule has 5 heterocycles. The third-order valence-electron chi connectivity index (χ3n) is 10.0. The molecule has 2 aliphatic rings. The van der Waals surface area contributed by atoms with E-state index in [1.165, 1.54) is 22.7 Å². The van der Waals surface area contributed by atoms with Gasteiger partial charge in [0.2, 0.25) is 11.9 Å². The Hall–Kier alpha value is -5.74. The van der Waals surface area contributed by atoms with Gasteiger partial charge in [-0.1, -0.05) is 6.07 Å². The molecule has 6 aromatic rings. The molecule has 0 spiro atoms. The van der Waals surface area contributed by atoms with Crippen molar-refractivity contribution < 1.29 is 0 Å². The van der Waals surface area contributed by atoms with Crippen LogP contribution in [0.3, 0.4) is 0 Å². The molecule has 0 amide bonds. The Labute approximate surface area is 332 Å². The molecule has 8 rings (SSSR count). The maximum Gasteiger partial charge on any atom is 0.261 e. The van der Waals surface area contributed by atoms with Crippen LogP contribution < -0.4 is 32.4 Å². The second-order valence-electron chi connectivity index (χ2n) is 13.9. The number of nitrogens with zero attached hydrogens (tertiary/aromatic N) is 8. The summed E-state index contributed by atoms with van der Waals surface area (Å²) in [4.78, 5) is 54.4. The molecule has 0 aliphatic heterocycles. The van der Waals surface area contributed by atoms with Gasteiger partial charge in [-0.15, -0.1) is 23.5 Å². The van der Waals surface area contributed by atoms with E-state index in [1.807, 2.05) is 61.1 Å². The van der Waals surface area contributed by atoms with Crippen LogP contribution in [0.1, 0.15) is 44.1 Å². The zero-order chi connectivity index (χ0) is 38.3. The van der Waals surface area contributed by atoms with Crippen molar-refractivity contribution in [1.29, 1.82) is 0 Å². The van der Waals surface area contributed by atoms with Crippen LogP contribution >= 0.6 is 23.5 Å². The molecule has 14 nitrogen and oxygen atoms in total. The van der Waals surface area contributed by atoms with Gasteiger partial charge in [0.15, 0.2) is 0 Å². The van der Waals surface area contributed by atoms with E-state index in [0.29, 0.717) is 41.0 Å². The summed E-state index contributed by atoms with van der Waals surface area (Å²) in [5.74, 6) is 2.43. The normalized spacial score (nSPS) is 19.1. The quantitative estimate of drug-likeness (QED) is 0.0913. The number of aromatic nitrogens is 8. The van der Waals surface area contributed by atoms with Gasteiger partial charge in [0.25, 0.3) is 11.1 Å². The maximum absolute atomic E-state index is 13.4. The van der Waals surface area contributed by atoms with Gasteiger partial charge in [-0.2, -0.15) is 0 Å². The standard InChI is InChI=1S/C40H42N12O2S2/c1-55-34-20-43-39(44-21-34)50-31-8-6-29(17-31)48-36-14-13-33(19-42-36)52-25-41-18-26(38(52)54)24-56-35-22-45-40(46-23-35)49-30-7-5-28(16-30)47-27-9-11-32(12-10-27)51-15-3-2-4-37(51)53/h2-4,9-15,18-23,25,28-31,47H,5-8,16-17,24H2,1H3,(H,42,48)(H,43,44,50)(H,45,46,49)/t28-,29-,30-,31-/m0/s1. The predicted molar refractivity (Wildman–Crippen MR) is 222 cm³/mol. The molecule has 0 saturated heterocycles. The summed E-state index contributed by atoms with van der Waals surface area (Å²) >= 11 is 3.12. The molecule has 5 aromatic heterocycles. The van der Waals surface area contributed by atoms with Crippen LogP contribution in [0.2, 0.25) is 0 Å². The number of pyridine rings is 2. The van der Waals surface area contributed by atoms with Gasteiger partial charge in [0, 0.05) is 99.9 Å². The Morgan fingerprint density at radius 2 is 1.27 bits per heavy atom. The summed E-state index contributed by atoms with van der Waals surface area (Å²) in [7, 11) is 0. The Kier molecular flexibility index (Phi) is 11.5. The monoisotopic (exact) mass is 786 g/mol. The number of benzene rings is 1. The SMILES string of the molecule is CSc1cnc(N[C@H]2CC[C@H](Nc3ccc(-n4cncc(CSc5cnc(N[C@H]6CC[C@H](Nc7ccc(-n8ccccc8=O)cc7)C6)nc5)c4=O)cn3)C2)nc1. The molecule has 0 bridgehead atoms. The van der Waals surface area contributed by atoms with Crippen molar-refractivity contribution in [2.24, 2.45) is 0 Å². The first-order chi connectivity index (χ1) is 27.5. The third kappa shape index (κ3) is 9.20.